The first-order valence-corrected chi connectivity index (χ1v) is 8.46. The molecule has 0 aliphatic carbocycles. The number of amides is 1. The molecule has 0 N–H and O–H groups in total. The van der Waals surface area contributed by atoms with Crippen molar-refractivity contribution in [3.05, 3.63) is 63.9 Å². The molecule has 1 unspecified atom stereocenters. The summed E-state index contributed by atoms with van der Waals surface area (Å²) in [7, 11) is 1.62. The minimum atomic E-state index is -0.441. The largest absolute Gasteiger partial charge is 0.419 e. The Labute approximate surface area is 149 Å². The lowest BCUT2D eigenvalue weighted by Crippen LogP contribution is -2.42. The highest BCUT2D eigenvalue weighted by Gasteiger charge is 2.26. The molecule has 7 nitrogen and oxygen atoms in total. The van der Waals surface area contributed by atoms with Gasteiger partial charge in [-0.05, 0) is 42.8 Å². The van der Waals surface area contributed by atoms with E-state index in [0.29, 0.717) is 36.4 Å². The summed E-state index contributed by atoms with van der Waals surface area (Å²) in [6.07, 6.45) is 1.58. The second-order valence-electron chi connectivity index (χ2n) is 6.45. The van der Waals surface area contributed by atoms with Gasteiger partial charge < -0.3 is 14.1 Å². The zero-order chi connectivity index (χ0) is 18.3. The summed E-state index contributed by atoms with van der Waals surface area (Å²) in [6.45, 7) is 3.41. The number of morpholine rings is 1. The van der Waals surface area contributed by atoms with Crippen LogP contribution in [0.1, 0.15) is 27.7 Å². The predicted molar refractivity (Wildman–Crippen MR) is 95.0 cm³/mol. The summed E-state index contributed by atoms with van der Waals surface area (Å²) in [5.74, 6) is -0.524. The minimum Gasteiger partial charge on any atom is -0.408 e. The minimum absolute atomic E-state index is 0.0837. The summed E-state index contributed by atoms with van der Waals surface area (Å²) in [5, 5.41) is 0. The molecule has 134 valence electrons. The molecule has 7 heteroatoms. The van der Waals surface area contributed by atoms with Gasteiger partial charge in [-0.1, -0.05) is 0 Å². The number of hydrogen-bond donors (Lipinski definition) is 0. The van der Waals surface area contributed by atoms with Crippen LogP contribution >= 0.6 is 0 Å². The van der Waals surface area contributed by atoms with E-state index in [4.69, 9.17) is 9.15 Å². The fraction of sp³-hybridized carbons (Fsp3) is 0.316. The number of pyridine rings is 1. The molecule has 26 heavy (non-hydrogen) atoms. The van der Waals surface area contributed by atoms with Gasteiger partial charge >= 0.3 is 5.76 Å². The van der Waals surface area contributed by atoms with Crippen molar-refractivity contribution in [1.29, 1.82) is 0 Å². The third kappa shape index (κ3) is 2.90. The Balaban J connectivity index is 1.59. The van der Waals surface area contributed by atoms with E-state index in [1.54, 1.807) is 36.3 Å². The second kappa shape index (κ2) is 6.42. The van der Waals surface area contributed by atoms with Gasteiger partial charge in [0, 0.05) is 31.0 Å². The number of oxazole rings is 1. The number of aromatic nitrogens is 2. The topological polar surface area (TPSA) is 77.6 Å². The average molecular weight is 353 g/mol. The molecule has 0 bridgehead atoms. The van der Waals surface area contributed by atoms with Crippen molar-refractivity contribution in [1.82, 2.24) is 14.5 Å². The number of carbonyl (C=O) groups is 1. The van der Waals surface area contributed by atoms with Gasteiger partial charge in [0.2, 0.25) is 0 Å². The van der Waals surface area contributed by atoms with Gasteiger partial charge in [-0.15, -0.1) is 0 Å². The summed E-state index contributed by atoms with van der Waals surface area (Å²) in [6, 6.07) is 8.94. The summed E-state index contributed by atoms with van der Waals surface area (Å²) in [5.41, 5.74) is 3.54. The van der Waals surface area contributed by atoms with Crippen molar-refractivity contribution < 1.29 is 13.9 Å². The predicted octanol–water partition coefficient (Wildman–Crippen LogP) is 2.05. The number of hydrogen-bond acceptors (Lipinski definition) is 5. The fourth-order valence-corrected chi connectivity index (χ4v) is 3.25. The highest BCUT2D eigenvalue weighted by Crippen LogP contribution is 2.24. The van der Waals surface area contributed by atoms with Crippen LogP contribution in [0.5, 0.6) is 0 Å². The third-order valence-electron chi connectivity index (χ3n) is 4.68. The molecule has 3 heterocycles. The Hall–Kier alpha value is -2.93. The maximum absolute atomic E-state index is 12.9. The summed E-state index contributed by atoms with van der Waals surface area (Å²) < 4.78 is 12.4. The molecule has 1 aliphatic rings. The highest BCUT2D eigenvalue weighted by atomic mass is 16.5. The van der Waals surface area contributed by atoms with E-state index < -0.39 is 5.76 Å². The Morgan fingerprint density at radius 2 is 2.12 bits per heavy atom. The number of fused-ring (bicyclic) bond motifs is 1. The maximum Gasteiger partial charge on any atom is 0.419 e. The molecule has 1 atom stereocenters. The zero-order valence-electron chi connectivity index (χ0n) is 14.6. The van der Waals surface area contributed by atoms with E-state index >= 15 is 0 Å². The zero-order valence-corrected chi connectivity index (χ0v) is 14.6. The van der Waals surface area contributed by atoms with E-state index in [0.717, 1.165) is 11.3 Å². The van der Waals surface area contributed by atoms with Crippen LogP contribution in [0.4, 0.5) is 0 Å². The van der Waals surface area contributed by atoms with Crippen molar-refractivity contribution in [3.63, 3.8) is 0 Å². The van der Waals surface area contributed by atoms with Gasteiger partial charge in [0.05, 0.1) is 18.7 Å². The molecular weight excluding hydrogens is 334 g/mol. The van der Waals surface area contributed by atoms with Gasteiger partial charge in [-0.3, -0.25) is 14.3 Å². The van der Waals surface area contributed by atoms with Crippen LogP contribution in [0.25, 0.3) is 11.1 Å². The molecule has 1 aromatic carbocycles. The van der Waals surface area contributed by atoms with Crippen LogP contribution in [0.15, 0.2) is 45.7 Å². The Kier molecular flexibility index (Phi) is 4.08. The monoisotopic (exact) mass is 353 g/mol. The molecule has 0 saturated carbocycles. The maximum atomic E-state index is 12.9. The van der Waals surface area contributed by atoms with Crippen LogP contribution in [-0.4, -0.2) is 40.1 Å². The normalized spacial score (nSPS) is 17.6. The summed E-state index contributed by atoms with van der Waals surface area (Å²) in [4.78, 5) is 30.6. The van der Waals surface area contributed by atoms with E-state index in [2.05, 4.69) is 4.98 Å². The van der Waals surface area contributed by atoms with Gasteiger partial charge in [-0.2, -0.15) is 0 Å². The molecular formula is C19H19N3O4. The molecule has 3 aromatic rings. The van der Waals surface area contributed by atoms with E-state index in [1.165, 1.54) is 4.57 Å². The van der Waals surface area contributed by atoms with E-state index in [9.17, 15) is 9.59 Å². The van der Waals surface area contributed by atoms with Crippen LogP contribution in [-0.2, 0) is 11.8 Å². The molecule has 1 aliphatic heterocycles. The highest BCUT2D eigenvalue weighted by molar-refractivity contribution is 5.97. The average Bonchev–Trinajstić information content (AvgIpc) is 2.95. The van der Waals surface area contributed by atoms with Crippen molar-refractivity contribution >= 4 is 17.0 Å². The molecule has 0 radical (unpaired) electrons. The number of ether oxygens (including phenoxy) is 1. The summed E-state index contributed by atoms with van der Waals surface area (Å²) >= 11 is 0. The van der Waals surface area contributed by atoms with E-state index in [1.807, 2.05) is 19.1 Å². The second-order valence-corrected chi connectivity index (χ2v) is 6.45. The van der Waals surface area contributed by atoms with Gasteiger partial charge in [0.15, 0.2) is 5.58 Å². The first-order valence-electron chi connectivity index (χ1n) is 8.46. The molecule has 0 spiro atoms. The van der Waals surface area contributed by atoms with Crippen LogP contribution in [0.3, 0.4) is 0 Å². The lowest BCUT2D eigenvalue weighted by molar-refractivity contribution is -0.0228. The van der Waals surface area contributed by atoms with Gasteiger partial charge in [0.1, 0.15) is 6.10 Å². The molecule has 4 rings (SSSR count). The fourth-order valence-electron chi connectivity index (χ4n) is 3.25. The van der Waals surface area contributed by atoms with Crippen molar-refractivity contribution in [3.8, 4) is 0 Å². The number of rotatable bonds is 2. The van der Waals surface area contributed by atoms with Crippen LogP contribution in [0.2, 0.25) is 0 Å². The first kappa shape index (κ1) is 16.5. The molecule has 1 saturated heterocycles. The standard InChI is InChI=1S/C19H19N3O4/c1-12-9-13(5-6-20-12)17-11-22(7-8-25-17)18(23)14-3-4-16-15(10-14)21(2)19(24)26-16/h3-6,9-10,17H,7-8,11H2,1-2H3. The van der Waals surface area contributed by atoms with Crippen molar-refractivity contribution in [2.24, 2.45) is 7.05 Å². The SMILES string of the molecule is Cc1cc(C2CN(C(=O)c3ccc4oc(=O)n(C)c4c3)CCO2)ccn1. The number of aryl methyl sites for hydroxylation is 2. The van der Waals surface area contributed by atoms with Gasteiger partial charge in [0.25, 0.3) is 5.91 Å². The first-order chi connectivity index (χ1) is 12.5. The number of benzene rings is 1. The quantitative estimate of drug-likeness (QED) is 0.705. The molecule has 2 aromatic heterocycles. The smallest absolute Gasteiger partial charge is 0.408 e. The number of nitrogens with zero attached hydrogens (tertiary/aromatic N) is 3. The third-order valence-corrected chi connectivity index (χ3v) is 4.68. The van der Waals surface area contributed by atoms with Crippen molar-refractivity contribution in [2.75, 3.05) is 19.7 Å². The van der Waals surface area contributed by atoms with Crippen LogP contribution < -0.4 is 5.76 Å². The Bertz CT molecular complexity index is 1040. The van der Waals surface area contributed by atoms with E-state index in [-0.39, 0.29) is 12.0 Å². The number of carbonyl (C=O) groups excluding carboxylic acids is 1. The lowest BCUT2D eigenvalue weighted by atomic mass is 10.1. The Morgan fingerprint density at radius 1 is 1.27 bits per heavy atom. The Morgan fingerprint density at radius 3 is 2.92 bits per heavy atom. The van der Waals surface area contributed by atoms with Gasteiger partial charge in [-0.25, -0.2) is 4.79 Å². The van der Waals surface area contributed by atoms with Crippen molar-refractivity contribution in [2.45, 2.75) is 13.0 Å². The van der Waals surface area contributed by atoms with Crippen LogP contribution in [0, 0.1) is 6.92 Å². The molecule has 1 fully saturated rings. The lowest BCUT2D eigenvalue weighted by Gasteiger charge is -2.33. The molecule has 1 amide bonds.